The minimum absolute atomic E-state index is 0.0292. The van der Waals surface area contributed by atoms with Crippen LogP contribution in [0.4, 0.5) is 10.6 Å². The number of hydrogen-bond donors (Lipinski definition) is 20. The Balaban J connectivity index is 1.06. The molecule has 25 N–H and O–H groups in total. The molecule has 44 heteroatoms. The number of aromatic nitrogens is 6. The number of imidazole rings is 1. The number of thiazole rings is 2. The van der Waals surface area contributed by atoms with E-state index >= 15 is 4.79 Å². The minimum atomic E-state index is -2.21. The van der Waals surface area contributed by atoms with Crippen LogP contribution in [0, 0.1) is 12.8 Å². The fraction of sp³-hybridized carbons (Fsp3) is 0.633. The van der Waals surface area contributed by atoms with Gasteiger partial charge in [-0.2, -0.15) is 0 Å². The van der Waals surface area contributed by atoms with Crippen molar-refractivity contribution in [3.05, 3.63) is 56.8 Å². The number of ether oxygens (including phenoxy) is 6. The molecular weight excluding hydrogens is 1440 g/mol. The number of nitrogens with two attached hydrogens (primary N) is 5. The van der Waals surface area contributed by atoms with Gasteiger partial charge in [0.2, 0.25) is 29.5 Å². The van der Waals surface area contributed by atoms with Gasteiger partial charge < -0.3 is 140 Å². The first kappa shape index (κ1) is 83.4. The van der Waals surface area contributed by atoms with Gasteiger partial charge in [0.15, 0.2) is 24.4 Å². The smallest absolute Gasteiger partial charge is 0.404 e. The number of rotatable bonds is 37. The number of H-pyrrole nitrogens is 1. The van der Waals surface area contributed by atoms with E-state index in [0.29, 0.717) is 60.7 Å². The topological polar surface area (TPSA) is 657 Å². The largest absolute Gasteiger partial charge is 0.441 e. The lowest BCUT2D eigenvalue weighted by Gasteiger charge is -2.47. The molecule has 3 fully saturated rings. The summed E-state index contributed by atoms with van der Waals surface area (Å²) in [5.74, 6) is -7.52. The van der Waals surface area contributed by atoms with Crippen molar-refractivity contribution >= 4 is 92.7 Å². The van der Waals surface area contributed by atoms with E-state index in [1.165, 1.54) is 50.4 Å². The number of hydrogen-bond acceptors (Lipinski definition) is 33. The summed E-state index contributed by atoms with van der Waals surface area (Å²) < 4.78 is 34.1. The number of aliphatic hydroxyl groups is 8. The second-order valence-corrected chi connectivity index (χ2v) is 28.8. The first-order valence-corrected chi connectivity index (χ1v) is 36.4. The number of carbonyl (C=O) groups excluding carboxylic acids is 9. The van der Waals surface area contributed by atoms with Crippen molar-refractivity contribution in [2.75, 3.05) is 82.6 Å². The summed E-state index contributed by atoms with van der Waals surface area (Å²) in [4.78, 5) is 146. The van der Waals surface area contributed by atoms with Gasteiger partial charge in [-0.1, -0.05) is 6.92 Å². The van der Waals surface area contributed by atoms with Gasteiger partial charge in [0.05, 0.1) is 92.2 Å². The molecule has 576 valence electrons. The molecule has 0 spiro atoms. The van der Waals surface area contributed by atoms with Crippen LogP contribution < -0.4 is 60.6 Å². The Morgan fingerprint density at radius 1 is 0.798 bits per heavy atom. The first-order chi connectivity index (χ1) is 49.3. The first-order valence-electron chi connectivity index (χ1n) is 32.7. The van der Waals surface area contributed by atoms with Crippen LogP contribution in [0.2, 0.25) is 0 Å². The van der Waals surface area contributed by atoms with E-state index < -0.39 is 183 Å². The van der Waals surface area contributed by atoms with Crippen molar-refractivity contribution in [1.29, 1.82) is 0 Å². The van der Waals surface area contributed by atoms with Gasteiger partial charge in [-0.3, -0.25) is 38.4 Å². The SMILES string of the molecule is Cc1c(N)nc(C(CC(N)=O)NCC(N)C(N)=O)nc1C(=O)NC(C(=O)NC(C)C(O)C(C)C(=O)NC(C(=O)NCCc1nc(-c2nc(C(=O)NCCC[S+](C)CC(=O)N3CCOCC3)cs2)cs1)C(C)O)C(O[C@@H]1O[C@@H](CO)[C@@H](O)[C@@H](O)[C@@H]1O[C@H]1O[C@H](CO)[C@@H](O)[C@@H](OC(N)=O)[C@@H]1O)c1cnc[nH]1. The summed E-state index contributed by atoms with van der Waals surface area (Å²) in [5.41, 5.74) is 28.0. The molecule has 0 radical (unpaired) electrons. The summed E-state index contributed by atoms with van der Waals surface area (Å²) in [6.07, 6.45) is -22.5. The van der Waals surface area contributed by atoms with Crippen LogP contribution >= 0.6 is 22.7 Å². The summed E-state index contributed by atoms with van der Waals surface area (Å²) in [6, 6.07) is -7.90. The average molecular weight is 1530 g/mol. The quantitative estimate of drug-likeness (QED) is 0.0147. The molecule has 7 rings (SSSR count). The fourth-order valence-corrected chi connectivity index (χ4v) is 13.9. The highest BCUT2D eigenvalue weighted by Gasteiger charge is 2.54. The highest BCUT2D eigenvalue weighted by Crippen LogP contribution is 2.35. The Labute approximate surface area is 605 Å². The molecule has 10 unspecified atom stereocenters. The molecule has 41 nitrogen and oxygen atoms in total. The predicted molar refractivity (Wildman–Crippen MR) is 365 cm³/mol. The van der Waals surface area contributed by atoms with E-state index in [1.807, 2.05) is 11.2 Å². The third kappa shape index (κ3) is 22.3. The van der Waals surface area contributed by atoms with Crippen LogP contribution in [0.1, 0.15) is 88.8 Å². The molecule has 0 bridgehead atoms. The van der Waals surface area contributed by atoms with Gasteiger partial charge in [0.25, 0.3) is 17.7 Å². The molecule has 0 aromatic carbocycles. The third-order valence-electron chi connectivity index (χ3n) is 17.0. The van der Waals surface area contributed by atoms with Crippen LogP contribution in [-0.2, 0) is 74.5 Å². The number of morpholine rings is 1. The molecule has 9 amide bonds. The van der Waals surface area contributed by atoms with Crippen LogP contribution in [0.15, 0.2) is 23.3 Å². The number of aliphatic hydroxyl groups excluding tert-OH is 8. The maximum absolute atomic E-state index is 15.2. The van der Waals surface area contributed by atoms with Crippen LogP contribution in [-0.4, -0.2) is 304 Å². The zero-order chi connectivity index (χ0) is 76.4. The third-order valence-corrected chi connectivity index (χ3v) is 20.5. The molecule has 4 aromatic rings. The lowest BCUT2D eigenvalue weighted by molar-refractivity contribution is -0.372. The molecule has 7 heterocycles. The van der Waals surface area contributed by atoms with E-state index in [4.69, 9.17) is 57.1 Å². The van der Waals surface area contributed by atoms with Crippen LogP contribution in [0.5, 0.6) is 0 Å². The second-order valence-electron chi connectivity index (χ2n) is 24.8. The standard InChI is InChI=1S/C60H90N18O23S3/c1-24-38(74-51(77-49(24)63)29(15-35(62)82)69-16-28(61)50(64)89)55(93)76-40(46(30-17-66-23-70-30)99-59-48(44(87)42(85)33(18-79)98-59)100-58-45(88)47(101-60(65)95)43(86)34(19-80)97-58)56(94)71-26(3)41(84)25(2)52(90)75-39(27(4)81)54(92)68-9-7-36-72-32(21-102-36)57-73-31(20-103-57)53(91)67-8-6-14-104(5)22-37(83)78-10-12-96-13-11-78/h17,20-21,23,25-29,33-34,39-48,58-59,69,79-81,84-88H,6-16,18-19,22,61H2,1-5H3,(H13-,62,63,64,65,66,67,68,70,71,74,75,76,77,82,89,90,91,92,93,94,95)/p+1/t25?,26?,27?,28?,29?,33-,34+,39?,40?,41?,42+,43+,44+,45-,46?,47+,48-,58+,59-,104?/m0/s1. The molecule has 20 atom stereocenters. The molecule has 0 saturated carbocycles. The number of aromatic amines is 1. The van der Waals surface area contributed by atoms with E-state index in [9.17, 15) is 79.2 Å². The lowest BCUT2D eigenvalue weighted by atomic mass is 9.96. The van der Waals surface area contributed by atoms with Crippen molar-refractivity contribution < 1.29 is 112 Å². The lowest BCUT2D eigenvalue weighted by Crippen LogP contribution is -2.65. The highest BCUT2D eigenvalue weighted by molar-refractivity contribution is 7.96. The van der Waals surface area contributed by atoms with Crippen molar-refractivity contribution in [3.8, 4) is 10.7 Å². The Morgan fingerprint density at radius 3 is 2.13 bits per heavy atom. The zero-order valence-electron chi connectivity index (χ0n) is 57.2. The molecule has 104 heavy (non-hydrogen) atoms. The van der Waals surface area contributed by atoms with Crippen LogP contribution in [0.3, 0.4) is 0 Å². The molecule has 3 aliphatic rings. The minimum Gasteiger partial charge on any atom is -0.441 e. The summed E-state index contributed by atoms with van der Waals surface area (Å²) >= 11 is 2.47. The maximum atomic E-state index is 15.2. The number of primary amides is 3. The van der Waals surface area contributed by atoms with E-state index in [1.54, 1.807) is 10.8 Å². The number of carbonyl (C=O) groups is 9. The van der Waals surface area contributed by atoms with Crippen LogP contribution in [0.25, 0.3) is 10.7 Å². The van der Waals surface area contributed by atoms with Gasteiger partial charge in [-0.15, -0.1) is 22.7 Å². The predicted octanol–water partition coefficient (Wildman–Crippen LogP) is -8.47. The normalized spacial score (nSPS) is 24.2. The highest BCUT2D eigenvalue weighted by atomic mass is 32.2. The Kier molecular flexibility index (Phi) is 31.2. The number of nitrogen functional groups attached to an aromatic ring is 1. The average Bonchev–Trinajstić information content (AvgIpc) is 0.985. The van der Waals surface area contributed by atoms with Crippen molar-refractivity contribution in [3.63, 3.8) is 0 Å². The maximum Gasteiger partial charge on any atom is 0.404 e. The molecule has 4 aromatic heterocycles. The summed E-state index contributed by atoms with van der Waals surface area (Å²) in [5, 5.41) is 108. The Bertz CT molecular complexity index is 3560. The summed E-state index contributed by atoms with van der Waals surface area (Å²) in [6.45, 7) is 5.22. The van der Waals surface area contributed by atoms with E-state index in [2.05, 4.69) is 61.8 Å². The van der Waals surface area contributed by atoms with Crippen molar-refractivity contribution in [2.45, 2.75) is 157 Å². The second kappa shape index (κ2) is 38.9. The van der Waals surface area contributed by atoms with Crippen molar-refractivity contribution in [2.24, 2.45) is 28.9 Å². The number of anilines is 1. The summed E-state index contributed by atoms with van der Waals surface area (Å²) in [7, 11) is -0.164. The van der Waals surface area contributed by atoms with Gasteiger partial charge in [-0.25, -0.2) is 29.7 Å². The molecule has 3 saturated heterocycles. The van der Waals surface area contributed by atoms with Gasteiger partial charge >= 0.3 is 6.09 Å². The van der Waals surface area contributed by atoms with E-state index in [0.717, 1.165) is 18.3 Å². The number of nitrogens with one attached hydrogen (secondary N) is 7. The fourth-order valence-electron chi connectivity index (χ4n) is 10.9. The number of amides is 9. The molecule has 3 aliphatic heterocycles. The van der Waals surface area contributed by atoms with Gasteiger partial charge in [-0.05, 0) is 31.7 Å². The van der Waals surface area contributed by atoms with Gasteiger partial charge in [0.1, 0.15) is 100 Å². The molecule has 0 aliphatic carbocycles. The van der Waals surface area contributed by atoms with Gasteiger partial charge in [0, 0.05) is 68.3 Å². The zero-order valence-corrected chi connectivity index (χ0v) is 59.6. The van der Waals surface area contributed by atoms with Crippen molar-refractivity contribution in [1.82, 2.24) is 66.7 Å². The number of nitrogens with zero attached hydrogens (tertiary/aromatic N) is 6. The Hall–Kier alpha value is -7.87. The molecular formula is C60H91N18O23S3+. The monoisotopic (exact) mass is 1530 g/mol. The van der Waals surface area contributed by atoms with E-state index in [-0.39, 0.29) is 70.8 Å². The Morgan fingerprint density at radius 2 is 1.49 bits per heavy atom.